The number of nitrogens with zero attached hydrogens (tertiary/aromatic N) is 1. The minimum Gasteiger partial charge on any atom is -0.477 e. The molecule has 0 aliphatic heterocycles. The lowest BCUT2D eigenvalue weighted by atomic mass is 10.1. The predicted molar refractivity (Wildman–Crippen MR) is 219 cm³/mol. The number of carbonyl (C=O) groups is 3. The molecule has 8 nitrogen and oxygen atoms in total. The fourth-order valence-corrected chi connectivity index (χ4v) is 4.84. The van der Waals surface area contributed by atoms with Gasteiger partial charge in [0.05, 0.1) is 34.4 Å². The maximum Gasteiger partial charge on any atom is 0.362 e. The van der Waals surface area contributed by atoms with Gasteiger partial charge in [0.25, 0.3) is 0 Å². The zero-order chi connectivity index (χ0) is 39.3. The predicted octanol–water partition coefficient (Wildman–Crippen LogP) is 10.1. The van der Waals surface area contributed by atoms with E-state index in [4.69, 9.17) is 14.2 Å². The summed E-state index contributed by atoms with van der Waals surface area (Å²) in [5.41, 5.74) is 0. The monoisotopic (exact) mass is 737 g/mol. The molecule has 0 aliphatic carbocycles. The number of carboxylic acid groups (broad SMARTS) is 1. The zero-order valence-electron chi connectivity index (χ0n) is 33.4. The van der Waals surface area contributed by atoms with E-state index in [1.54, 1.807) is 0 Å². The Morgan fingerprint density at radius 2 is 1.09 bits per heavy atom. The van der Waals surface area contributed by atoms with Crippen molar-refractivity contribution in [2.24, 2.45) is 0 Å². The topological polar surface area (TPSA) is 99.1 Å². The normalized spacial score (nSPS) is 14.2. The van der Waals surface area contributed by atoms with Gasteiger partial charge in [-0.1, -0.05) is 130 Å². The summed E-state index contributed by atoms with van der Waals surface area (Å²) in [7, 11) is 5.47. The number of carboxylic acids is 1. The van der Waals surface area contributed by atoms with Crippen LogP contribution in [0, 0.1) is 0 Å². The number of hydrogen-bond donors (Lipinski definition) is 1. The number of likely N-dealkylation sites (N-methyl/N-ethyl adjacent to an activating group) is 1. The first-order chi connectivity index (χ1) is 25.6. The van der Waals surface area contributed by atoms with E-state index in [-0.39, 0.29) is 49.1 Å². The lowest BCUT2D eigenvalue weighted by molar-refractivity contribution is -0.887. The van der Waals surface area contributed by atoms with Gasteiger partial charge < -0.3 is 23.8 Å². The van der Waals surface area contributed by atoms with Crippen molar-refractivity contribution in [3.8, 4) is 0 Å². The van der Waals surface area contributed by atoms with E-state index >= 15 is 0 Å². The number of allylic oxidation sites excluding steroid dienone is 18. The van der Waals surface area contributed by atoms with Gasteiger partial charge >= 0.3 is 17.9 Å². The van der Waals surface area contributed by atoms with E-state index < -0.39 is 18.1 Å². The Hall–Kier alpha value is -4.01. The van der Waals surface area contributed by atoms with Crippen molar-refractivity contribution in [2.45, 2.75) is 116 Å². The molecule has 0 saturated heterocycles. The van der Waals surface area contributed by atoms with Crippen LogP contribution >= 0.6 is 0 Å². The highest BCUT2D eigenvalue weighted by Gasteiger charge is 2.31. The van der Waals surface area contributed by atoms with Crippen LogP contribution in [0.5, 0.6) is 0 Å². The Kier molecular flexibility index (Phi) is 32.4. The number of ether oxygens (including phenoxy) is 3. The van der Waals surface area contributed by atoms with Gasteiger partial charge in [0.2, 0.25) is 0 Å². The third kappa shape index (κ3) is 33.6. The van der Waals surface area contributed by atoms with Gasteiger partial charge in [-0.15, -0.1) is 0 Å². The molecular formula is C45H70NO7+. The molecule has 0 rings (SSSR count). The Labute approximate surface area is 321 Å². The minimum atomic E-state index is -0.895. The molecule has 2 unspecified atom stereocenters. The molecule has 0 spiro atoms. The van der Waals surface area contributed by atoms with Crippen LogP contribution in [-0.2, 0) is 28.6 Å². The van der Waals surface area contributed by atoms with Gasteiger partial charge in [0.15, 0.2) is 12.1 Å². The largest absolute Gasteiger partial charge is 0.477 e. The lowest BCUT2D eigenvalue weighted by Crippen LogP contribution is -2.50. The van der Waals surface area contributed by atoms with Crippen LogP contribution in [0.3, 0.4) is 0 Å². The average molecular weight is 737 g/mol. The maximum atomic E-state index is 12.6. The summed E-state index contributed by atoms with van der Waals surface area (Å²) >= 11 is 0. The molecule has 0 aromatic carbocycles. The smallest absolute Gasteiger partial charge is 0.362 e. The molecule has 2 atom stereocenters. The summed E-state index contributed by atoms with van der Waals surface area (Å²) in [5, 5.41) is 9.59. The van der Waals surface area contributed by atoms with Crippen molar-refractivity contribution in [2.75, 3.05) is 41.0 Å². The quantitative estimate of drug-likeness (QED) is 0.0241. The van der Waals surface area contributed by atoms with Gasteiger partial charge in [-0.05, 0) is 64.2 Å². The summed E-state index contributed by atoms with van der Waals surface area (Å²) in [4.78, 5) is 36.8. The number of esters is 2. The summed E-state index contributed by atoms with van der Waals surface area (Å²) in [6, 6.07) is -0.635. The number of hydrogen-bond acceptors (Lipinski definition) is 6. The van der Waals surface area contributed by atoms with E-state index in [0.717, 1.165) is 57.8 Å². The summed E-state index contributed by atoms with van der Waals surface area (Å²) in [6.45, 7) is 4.34. The number of carbonyl (C=O) groups excluding carboxylic acids is 2. The second kappa shape index (κ2) is 35.0. The first-order valence-electron chi connectivity index (χ1n) is 19.5. The number of unbranched alkanes of at least 4 members (excludes halogenated alkanes) is 5. The highest BCUT2D eigenvalue weighted by atomic mass is 16.6. The lowest BCUT2D eigenvalue weighted by Gasteiger charge is -2.31. The molecule has 53 heavy (non-hydrogen) atoms. The third-order valence-corrected chi connectivity index (χ3v) is 7.83. The molecule has 296 valence electrons. The molecule has 0 amide bonds. The molecule has 0 saturated carbocycles. The van der Waals surface area contributed by atoms with Gasteiger partial charge in [-0.2, -0.15) is 0 Å². The first kappa shape index (κ1) is 49.0. The SMILES string of the molecule is CC/C=C/C=C/C=C/C=C/C=C/C=C/CCCCCC(=O)OCC(COCCC(C(=O)O)[N+](C)(C)C)OC(=O)CCCC/C=C/C/C=C/C/C=C/CC. The number of quaternary nitrogens is 1. The van der Waals surface area contributed by atoms with Crippen LogP contribution in [0.2, 0.25) is 0 Å². The van der Waals surface area contributed by atoms with Crippen molar-refractivity contribution < 1.29 is 38.2 Å². The van der Waals surface area contributed by atoms with Crippen molar-refractivity contribution in [1.82, 2.24) is 0 Å². The Morgan fingerprint density at radius 3 is 1.70 bits per heavy atom. The third-order valence-electron chi connectivity index (χ3n) is 7.83. The van der Waals surface area contributed by atoms with Gasteiger partial charge in [0, 0.05) is 19.3 Å². The second-order valence-electron chi connectivity index (χ2n) is 13.6. The highest BCUT2D eigenvalue weighted by Crippen LogP contribution is 2.11. The second-order valence-corrected chi connectivity index (χ2v) is 13.6. The van der Waals surface area contributed by atoms with Crippen LogP contribution in [0.25, 0.3) is 0 Å². The van der Waals surface area contributed by atoms with Gasteiger partial charge in [0.1, 0.15) is 6.61 Å². The first-order valence-corrected chi connectivity index (χ1v) is 19.5. The molecule has 1 N–H and O–H groups in total. The fraction of sp³-hybridized carbons (Fsp3) is 0.533. The summed E-state index contributed by atoms with van der Waals surface area (Å²) in [5.74, 6) is -1.60. The van der Waals surface area contributed by atoms with E-state index in [2.05, 4.69) is 62.5 Å². The van der Waals surface area contributed by atoms with Gasteiger partial charge in [-0.25, -0.2) is 4.79 Å². The van der Waals surface area contributed by atoms with Crippen molar-refractivity contribution in [3.63, 3.8) is 0 Å². The maximum absolute atomic E-state index is 12.6. The van der Waals surface area contributed by atoms with Crippen LogP contribution < -0.4 is 0 Å². The van der Waals surface area contributed by atoms with Crippen molar-refractivity contribution in [1.29, 1.82) is 0 Å². The molecular weight excluding hydrogens is 666 g/mol. The van der Waals surface area contributed by atoms with Crippen LogP contribution in [0.1, 0.15) is 104 Å². The molecule has 0 heterocycles. The summed E-state index contributed by atoms with van der Waals surface area (Å²) in [6.07, 6.45) is 47.1. The zero-order valence-corrected chi connectivity index (χ0v) is 33.4. The molecule has 0 aliphatic rings. The molecule has 8 heteroatoms. The van der Waals surface area contributed by atoms with Crippen molar-refractivity contribution >= 4 is 17.9 Å². The molecule has 0 aromatic heterocycles. The van der Waals surface area contributed by atoms with E-state index in [9.17, 15) is 19.5 Å². The van der Waals surface area contributed by atoms with E-state index in [1.165, 1.54) is 0 Å². The Balaban J connectivity index is 4.59. The fourth-order valence-electron chi connectivity index (χ4n) is 4.84. The highest BCUT2D eigenvalue weighted by molar-refractivity contribution is 5.72. The average Bonchev–Trinajstić information content (AvgIpc) is 3.11. The number of aliphatic carboxylic acids is 1. The van der Waals surface area contributed by atoms with Crippen LogP contribution in [-0.4, -0.2) is 80.6 Å². The molecule has 0 bridgehead atoms. The van der Waals surface area contributed by atoms with Crippen LogP contribution in [0.4, 0.5) is 0 Å². The minimum absolute atomic E-state index is 0.0224. The van der Waals surface area contributed by atoms with Gasteiger partial charge in [-0.3, -0.25) is 9.59 Å². The number of rotatable bonds is 32. The van der Waals surface area contributed by atoms with Crippen molar-refractivity contribution in [3.05, 3.63) is 109 Å². The standard InChI is InChI=1S/C45H69NO7/c1-6-8-10-12-14-16-18-20-21-22-23-24-26-27-29-31-33-35-43(47)52-40-41(39-51-38-37-42(45(49)50)46(3,4)5)53-44(48)36-34-32-30-28-25-19-17-15-13-11-9-7-2/h8-12,14-18,20-26,28,41-42H,6-7,13,19,27,29-40H2,1-5H3/p+1/b10-8+,11-9+,14-12+,17-15+,18-16+,21-20+,23-22+,26-24+,28-25+. The summed E-state index contributed by atoms with van der Waals surface area (Å²) < 4.78 is 17.1. The Bertz CT molecular complexity index is 1230. The molecule has 0 radical (unpaired) electrons. The molecule has 0 fully saturated rings. The Morgan fingerprint density at radius 1 is 0.585 bits per heavy atom. The molecule has 0 aromatic rings. The van der Waals surface area contributed by atoms with E-state index in [1.807, 2.05) is 81.9 Å². The van der Waals surface area contributed by atoms with E-state index in [0.29, 0.717) is 19.3 Å². The van der Waals surface area contributed by atoms with Crippen LogP contribution in [0.15, 0.2) is 109 Å².